The third kappa shape index (κ3) is 2.35. The van der Waals surface area contributed by atoms with Crippen LogP contribution in [0.25, 0.3) is 10.9 Å². The lowest BCUT2D eigenvalue weighted by Crippen LogP contribution is -2.30. The highest BCUT2D eigenvalue weighted by atomic mass is 16.5. The van der Waals surface area contributed by atoms with Crippen molar-refractivity contribution in [2.24, 2.45) is 11.8 Å². The molecule has 2 aliphatic heterocycles. The zero-order chi connectivity index (χ0) is 16.1. The van der Waals surface area contributed by atoms with Crippen molar-refractivity contribution >= 4 is 16.8 Å². The molecular weight excluding hydrogens is 300 g/mol. The zero-order valence-corrected chi connectivity index (χ0v) is 14.0. The number of para-hydroxylation sites is 1. The third-order valence-corrected chi connectivity index (χ3v) is 6.09. The lowest BCUT2D eigenvalue weighted by molar-refractivity contribution is 0.0774. The summed E-state index contributed by atoms with van der Waals surface area (Å²) in [6.07, 6.45) is 4.71. The third-order valence-electron chi connectivity index (χ3n) is 6.09. The number of nitrogens with zero attached hydrogens (tertiary/aromatic N) is 1. The number of nitrogens with one attached hydrogen (secondary N) is 1. The van der Waals surface area contributed by atoms with Gasteiger partial charge in [0.05, 0.1) is 0 Å². The number of aromatic nitrogens is 1. The van der Waals surface area contributed by atoms with Gasteiger partial charge in [-0.25, -0.2) is 0 Å². The largest absolute Gasteiger partial charge is 0.381 e. The molecule has 3 fully saturated rings. The number of likely N-dealkylation sites (tertiary alicyclic amines) is 1. The van der Waals surface area contributed by atoms with Crippen molar-refractivity contribution in [2.75, 3.05) is 26.3 Å². The van der Waals surface area contributed by atoms with Crippen molar-refractivity contribution in [1.82, 2.24) is 9.88 Å². The topological polar surface area (TPSA) is 45.3 Å². The highest BCUT2D eigenvalue weighted by Gasteiger charge is 2.37. The molecule has 1 N–H and O–H groups in total. The first-order chi connectivity index (χ1) is 11.8. The monoisotopic (exact) mass is 324 g/mol. The second-order valence-electron chi connectivity index (χ2n) is 7.66. The fraction of sp³-hybridized carbons (Fsp3) is 0.550. The Morgan fingerprint density at radius 3 is 2.79 bits per heavy atom. The average Bonchev–Trinajstić information content (AvgIpc) is 3.07. The van der Waals surface area contributed by atoms with Gasteiger partial charge < -0.3 is 14.6 Å². The number of rotatable bonds is 3. The van der Waals surface area contributed by atoms with Crippen molar-refractivity contribution in [2.45, 2.75) is 31.6 Å². The second kappa shape index (κ2) is 5.62. The summed E-state index contributed by atoms with van der Waals surface area (Å²) in [6, 6.07) is 8.34. The lowest BCUT2D eigenvalue weighted by Gasteiger charge is -2.19. The molecule has 1 aromatic heterocycles. The number of H-pyrrole nitrogens is 1. The summed E-state index contributed by atoms with van der Waals surface area (Å²) in [6.45, 7) is 3.56. The maximum atomic E-state index is 13.2. The molecule has 2 aromatic rings. The van der Waals surface area contributed by atoms with E-state index in [2.05, 4.69) is 28.1 Å². The van der Waals surface area contributed by atoms with Gasteiger partial charge in [0.2, 0.25) is 0 Å². The number of hydrogen-bond acceptors (Lipinski definition) is 2. The number of fused-ring (bicyclic) bond motifs is 1. The molecule has 0 bridgehead atoms. The molecule has 24 heavy (non-hydrogen) atoms. The fourth-order valence-corrected chi connectivity index (χ4v) is 4.57. The van der Waals surface area contributed by atoms with E-state index in [9.17, 15) is 4.79 Å². The highest BCUT2D eigenvalue weighted by molar-refractivity contribution is 6.01. The summed E-state index contributed by atoms with van der Waals surface area (Å²) >= 11 is 0. The van der Waals surface area contributed by atoms with Crippen molar-refractivity contribution in [3.63, 3.8) is 0 Å². The fourth-order valence-electron chi connectivity index (χ4n) is 4.57. The lowest BCUT2D eigenvalue weighted by atomic mass is 9.91. The van der Waals surface area contributed by atoms with Crippen LogP contribution in [0.1, 0.15) is 47.7 Å². The maximum absolute atomic E-state index is 13.2. The van der Waals surface area contributed by atoms with Crippen molar-refractivity contribution in [3.05, 3.63) is 35.5 Å². The Morgan fingerprint density at radius 1 is 1.12 bits per heavy atom. The molecule has 3 heterocycles. The van der Waals surface area contributed by atoms with E-state index in [4.69, 9.17) is 4.74 Å². The summed E-state index contributed by atoms with van der Waals surface area (Å²) < 4.78 is 5.54. The Bertz CT molecular complexity index is 771. The van der Waals surface area contributed by atoms with Gasteiger partial charge in [-0.15, -0.1) is 0 Å². The molecule has 1 amide bonds. The van der Waals surface area contributed by atoms with Gasteiger partial charge >= 0.3 is 0 Å². The van der Waals surface area contributed by atoms with Crippen LogP contribution >= 0.6 is 0 Å². The molecule has 1 aliphatic carbocycles. The smallest absolute Gasteiger partial charge is 0.270 e. The minimum absolute atomic E-state index is 0.203. The molecule has 4 nitrogen and oxygen atoms in total. The molecule has 3 aliphatic rings. The predicted octanol–water partition coefficient (Wildman–Crippen LogP) is 3.54. The van der Waals surface area contributed by atoms with Gasteiger partial charge in [0.1, 0.15) is 5.69 Å². The van der Waals surface area contributed by atoms with E-state index in [1.54, 1.807) is 0 Å². The normalized spacial score (nSPS) is 27.2. The molecule has 4 heteroatoms. The van der Waals surface area contributed by atoms with Gasteiger partial charge in [-0.1, -0.05) is 18.2 Å². The minimum Gasteiger partial charge on any atom is -0.381 e. The number of benzene rings is 1. The highest BCUT2D eigenvalue weighted by Crippen LogP contribution is 2.45. The Labute approximate surface area is 142 Å². The molecule has 126 valence electrons. The summed E-state index contributed by atoms with van der Waals surface area (Å²) in [7, 11) is 0. The summed E-state index contributed by atoms with van der Waals surface area (Å²) in [5, 5.41) is 1.24. The van der Waals surface area contributed by atoms with Crippen LogP contribution < -0.4 is 0 Å². The first kappa shape index (κ1) is 14.5. The molecule has 1 saturated carbocycles. The molecule has 2 atom stereocenters. The van der Waals surface area contributed by atoms with E-state index >= 15 is 0 Å². The first-order valence-electron chi connectivity index (χ1n) is 9.29. The van der Waals surface area contributed by atoms with E-state index in [1.807, 2.05) is 6.07 Å². The number of ether oxygens (including phenoxy) is 1. The van der Waals surface area contributed by atoms with Gasteiger partial charge in [0, 0.05) is 37.2 Å². The average molecular weight is 324 g/mol. The van der Waals surface area contributed by atoms with Crippen LogP contribution in [0.15, 0.2) is 24.3 Å². The number of hydrogen-bond donors (Lipinski definition) is 1. The zero-order valence-electron chi connectivity index (χ0n) is 14.0. The Hall–Kier alpha value is -1.81. The summed E-state index contributed by atoms with van der Waals surface area (Å²) in [5.74, 6) is 2.04. The quantitative estimate of drug-likeness (QED) is 0.938. The van der Waals surface area contributed by atoms with Crippen LogP contribution in [0.3, 0.4) is 0 Å². The minimum atomic E-state index is 0.203. The SMILES string of the molecule is O=C(c1[nH]c2ccccc2c1C1CC1)N1CCC(C2CCOC2)C1. The Balaban J connectivity index is 1.43. The molecular formula is C20H24N2O2. The summed E-state index contributed by atoms with van der Waals surface area (Å²) in [4.78, 5) is 18.7. The van der Waals surface area contributed by atoms with Crippen molar-refractivity contribution in [1.29, 1.82) is 0 Å². The number of carbonyl (C=O) groups is 1. The van der Waals surface area contributed by atoms with Crippen LogP contribution in [0.2, 0.25) is 0 Å². The molecule has 2 saturated heterocycles. The number of amides is 1. The molecule has 2 unspecified atom stereocenters. The standard InChI is InChI=1S/C20H24N2O2/c23-20(22-9-7-14(11-22)15-8-10-24-12-15)19-18(13-5-6-13)16-3-1-2-4-17(16)21-19/h1-4,13-15,21H,5-12H2. The van der Waals surface area contributed by atoms with E-state index < -0.39 is 0 Å². The Morgan fingerprint density at radius 2 is 2.00 bits per heavy atom. The van der Waals surface area contributed by atoms with Crippen LogP contribution in [0.5, 0.6) is 0 Å². The second-order valence-corrected chi connectivity index (χ2v) is 7.66. The van der Waals surface area contributed by atoms with Crippen molar-refractivity contribution in [3.8, 4) is 0 Å². The predicted molar refractivity (Wildman–Crippen MR) is 93.2 cm³/mol. The first-order valence-corrected chi connectivity index (χ1v) is 9.29. The van der Waals surface area contributed by atoms with E-state index in [-0.39, 0.29) is 5.91 Å². The van der Waals surface area contributed by atoms with Gasteiger partial charge in [0.25, 0.3) is 5.91 Å². The van der Waals surface area contributed by atoms with Gasteiger partial charge in [-0.3, -0.25) is 4.79 Å². The van der Waals surface area contributed by atoms with Crippen LogP contribution in [-0.4, -0.2) is 42.1 Å². The number of carbonyl (C=O) groups excluding carboxylic acids is 1. The van der Waals surface area contributed by atoms with E-state index in [0.717, 1.165) is 50.4 Å². The molecule has 5 rings (SSSR count). The maximum Gasteiger partial charge on any atom is 0.270 e. The molecule has 0 radical (unpaired) electrons. The Kier molecular flexibility index (Phi) is 3.40. The van der Waals surface area contributed by atoms with E-state index in [1.165, 1.54) is 23.8 Å². The number of aromatic amines is 1. The van der Waals surface area contributed by atoms with Crippen molar-refractivity contribution < 1.29 is 9.53 Å². The van der Waals surface area contributed by atoms with Crippen LogP contribution in [0, 0.1) is 11.8 Å². The van der Waals surface area contributed by atoms with E-state index in [0.29, 0.717) is 17.8 Å². The molecule has 1 aromatic carbocycles. The summed E-state index contributed by atoms with van der Waals surface area (Å²) in [5.41, 5.74) is 3.22. The molecule has 0 spiro atoms. The van der Waals surface area contributed by atoms with Gasteiger partial charge in [0.15, 0.2) is 0 Å². The van der Waals surface area contributed by atoms with Crippen LogP contribution in [0.4, 0.5) is 0 Å². The van der Waals surface area contributed by atoms with Gasteiger partial charge in [-0.05, 0) is 55.1 Å². The van der Waals surface area contributed by atoms with Crippen LogP contribution in [-0.2, 0) is 4.74 Å². The van der Waals surface area contributed by atoms with Gasteiger partial charge in [-0.2, -0.15) is 0 Å².